The van der Waals surface area contributed by atoms with Crippen LogP contribution < -0.4 is 4.74 Å². The quantitative estimate of drug-likeness (QED) is 0.804. The van der Waals surface area contributed by atoms with Crippen LogP contribution in [0.1, 0.15) is 11.1 Å². The molecule has 118 valence electrons. The molecule has 24 heavy (non-hydrogen) atoms. The van der Waals surface area contributed by atoms with Gasteiger partial charge in [0.05, 0.1) is 7.11 Å². The van der Waals surface area contributed by atoms with E-state index < -0.39 is 0 Å². The first-order valence-corrected chi connectivity index (χ1v) is 7.57. The van der Waals surface area contributed by atoms with Gasteiger partial charge in [0.15, 0.2) is 11.6 Å². The molecule has 3 rings (SSSR count). The molecule has 0 atom stereocenters. The topological polar surface area (TPSA) is 43.4 Å². The molecule has 0 spiro atoms. The van der Waals surface area contributed by atoms with Gasteiger partial charge >= 0.3 is 0 Å². The van der Waals surface area contributed by atoms with Gasteiger partial charge in [0.1, 0.15) is 5.75 Å². The predicted molar refractivity (Wildman–Crippen MR) is 94.5 cm³/mol. The minimum Gasteiger partial charge on any atom is -0.497 e. The van der Waals surface area contributed by atoms with Gasteiger partial charge in [-0.3, -0.25) is 9.59 Å². The van der Waals surface area contributed by atoms with Crippen LogP contribution in [-0.2, 0) is 9.59 Å². The summed E-state index contributed by atoms with van der Waals surface area (Å²) in [6, 6.07) is 16.7. The van der Waals surface area contributed by atoms with Gasteiger partial charge in [-0.1, -0.05) is 54.6 Å². The Balaban J connectivity index is 1.87. The molecule has 0 radical (unpaired) electrons. The van der Waals surface area contributed by atoms with Crippen LogP contribution in [0.5, 0.6) is 5.75 Å². The van der Waals surface area contributed by atoms with Crippen molar-refractivity contribution in [3.8, 4) is 5.75 Å². The highest BCUT2D eigenvalue weighted by atomic mass is 16.5. The van der Waals surface area contributed by atoms with Gasteiger partial charge in [-0.05, 0) is 35.4 Å². The third-order valence-corrected chi connectivity index (χ3v) is 3.75. The van der Waals surface area contributed by atoms with Crippen molar-refractivity contribution in [2.45, 2.75) is 0 Å². The summed E-state index contributed by atoms with van der Waals surface area (Å²) in [7, 11) is 1.58. The van der Waals surface area contributed by atoms with Crippen LogP contribution in [0.4, 0.5) is 0 Å². The van der Waals surface area contributed by atoms with Crippen molar-refractivity contribution in [2.75, 3.05) is 7.11 Å². The number of allylic oxidation sites excluding steroid dienone is 5. The first-order valence-electron chi connectivity index (χ1n) is 7.57. The van der Waals surface area contributed by atoms with E-state index >= 15 is 0 Å². The highest BCUT2D eigenvalue weighted by molar-refractivity contribution is 6.37. The smallest absolute Gasteiger partial charge is 0.193 e. The van der Waals surface area contributed by atoms with Crippen LogP contribution >= 0.6 is 0 Å². The van der Waals surface area contributed by atoms with Gasteiger partial charge in [-0.2, -0.15) is 0 Å². The minimum atomic E-state index is -0.187. The zero-order valence-electron chi connectivity index (χ0n) is 13.2. The minimum absolute atomic E-state index is 0.160. The fourth-order valence-corrected chi connectivity index (χ4v) is 2.48. The van der Waals surface area contributed by atoms with Crippen LogP contribution in [0.25, 0.3) is 11.6 Å². The number of ether oxygens (including phenoxy) is 1. The van der Waals surface area contributed by atoms with Crippen LogP contribution in [-0.4, -0.2) is 18.7 Å². The van der Waals surface area contributed by atoms with Gasteiger partial charge < -0.3 is 4.74 Å². The van der Waals surface area contributed by atoms with E-state index in [0.717, 1.165) is 5.56 Å². The molecule has 3 nitrogen and oxygen atoms in total. The van der Waals surface area contributed by atoms with Crippen molar-refractivity contribution in [1.82, 2.24) is 0 Å². The standard InChI is InChI=1S/C21H16O3/c1-24-19-11-9-16(10-12-19)20-14-18(22)13-17(21(20)23)8-7-15-5-3-2-4-6-15/h2-14H,1H3. The molecule has 1 aliphatic rings. The summed E-state index contributed by atoms with van der Waals surface area (Å²) in [5.41, 5.74) is 2.46. The molecular formula is C21H16O3. The molecule has 0 N–H and O–H groups in total. The van der Waals surface area contributed by atoms with Crippen LogP contribution in [0.2, 0.25) is 0 Å². The predicted octanol–water partition coefficient (Wildman–Crippen LogP) is 3.87. The lowest BCUT2D eigenvalue weighted by molar-refractivity contribution is -0.113. The number of benzene rings is 2. The molecule has 0 amide bonds. The Kier molecular flexibility index (Phi) is 4.52. The number of hydrogen-bond acceptors (Lipinski definition) is 3. The van der Waals surface area contributed by atoms with Gasteiger partial charge in [-0.25, -0.2) is 0 Å². The van der Waals surface area contributed by atoms with E-state index in [1.807, 2.05) is 36.4 Å². The summed E-state index contributed by atoms with van der Waals surface area (Å²) in [5, 5.41) is 0. The van der Waals surface area contributed by atoms with Crippen molar-refractivity contribution >= 4 is 23.2 Å². The van der Waals surface area contributed by atoms with Crippen molar-refractivity contribution in [3.05, 3.63) is 89.5 Å². The van der Waals surface area contributed by atoms with Crippen molar-refractivity contribution < 1.29 is 14.3 Å². The Hall–Kier alpha value is -3.20. The van der Waals surface area contributed by atoms with Gasteiger partial charge in [0.2, 0.25) is 0 Å². The van der Waals surface area contributed by atoms with E-state index in [2.05, 4.69) is 0 Å². The summed E-state index contributed by atoms with van der Waals surface area (Å²) in [6.45, 7) is 0. The molecule has 0 heterocycles. The van der Waals surface area contributed by atoms with Crippen molar-refractivity contribution in [1.29, 1.82) is 0 Å². The SMILES string of the molecule is COc1ccc(C2=CC(=O)C=C(C=Cc3ccccc3)C2=O)cc1. The van der Waals surface area contributed by atoms with E-state index in [9.17, 15) is 9.59 Å². The number of carbonyl (C=O) groups excluding carboxylic acids is 2. The molecule has 3 heteroatoms. The Morgan fingerprint density at radius 1 is 0.833 bits per heavy atom. The first-order chi connectivity index (χ1) is 11.7. The number of Topliss-reactive ketones (excluding diaryl/α,β-unsaturated/α-hetero) is 1. The lowest BCUT2D eigenvalue weighted by Gasteiger charge is -2.12. The number of rotatable bonds is 4. The van der Waals surface area contributed by atoms with Gasteiger partial charge in [0.25, 0.3) is 0 Å². The van der Waals surface area contributed by atoms with Gasteiger partial charge in [-0.15, -0.1) is 0 Å². The zero-order valence-corrected chi connectivity index (χ0v) is 13.2. The summed E-state index contributed by atoms with van der Waals surface area (Å²) in [6.07, 6.45) is 6.26. The Labute approximate surface area is 140 Å². The van der Waals surface area contributed by atoms with Crippen LogP contribution in [0, 0.1) is 0 Å². The maximum atomic E-state index is 12.7. The van der Waals surface area contributed by atoms with Crippen LogP contribution in [0.3, 0.4) is 0 Å². The van der Waals surface area contributed by atoms with E-state index in [1.165, 1.54) is 12.2 Å². The van der Waals surface area contributed by atoms with Gasteiger partial charge in [0, 0.05) is 11.1 Å². The average Bonchev–Trinajstić information content (AvgIpc) is 2.63. The fourth-order valence-electron chi connectivity index (χ4n) is 2.48. The zero-order chi connectivity index (χ0) is 16.9. The lowest BCUT2D eigenvalue weighted by atomic mass is 9.90. The summed E-state index contributed by atoms with van der Waals surface area (Å²) in [5.74, 6) is 0.355. The highest BCUT2D eigenvalue weighted by Crippen LogP contribution is 2.25. The highest BCUT2D eigenvalue weighted by Gasteiger charge is 2.21. The molecular weight excluding hydrogens is 300 g/mol. The Morgan fingerprint density at radius 3 is 2.21 bits per heavy atom. The molecule has 0 unspecified atom stereocenters. The Morgan fingerprint density at radius 2 is 1.54 bits per heavy atom. The van der Waals surface area contributed by atoms with E-state index in [-0.39, 0.29) is 11.6 Å². The second-order valence-electron chi connectivity index (χ2n) is 5.36. The van der Waals surface area contributed by atoms with Crippen molar-refractivity contribution in [3.63, 3.8) is 0 Å². The second-order valence-corrected chi connectivity index (χ2v) is 5.36. The van der Waals surface area contributed by atoms with E-state index in [4.69, 9.17) is 4.74 Å². The summed E-state index contributed by atoms with van der Waals surface area (Å²) >= 11 is 0. The number of methoxy groups -OCH3 is 1. The maximum absolute atomic E-state index is 12.7. The molecule has 2 aromatic rings. The number of ketones is 2. The first kappa shape index (κ1) is 15.7. The number of carbonyl (C=O) groups is 2. The molecule has 0 saturated heterocycles. The monoisotopic (exact) mass is 316 g/mol. The molecule has 0 fully saturated rings. The molecule has 0 saturated carbocycles. The third-order valence-electron chi connectivity index (χ3n) is 3.75. The normalized spacial score (nSPS) is 14.5. The van der Waals surface area contributed by atoms with Crippen LogP contribution in [0.15, 0.2) is 78.4 Å². The molecule has 2 aromatic carbocycles. The molecule has 0 bridgehead atoms. The van der Waals surface area contributed by atoms with Crippen molar-refractivity contribution in [2.24, 2.45) is 0 Å². The average molecular weight is 316 g/mol. The summed E-state index contributed by atoms with van der Waals surface area (Å²) in [4.78, 5) is 24.6. The maximum Gasteiger partial charge on any atom is 0.193 e. The molecule has 0 aliphatic heterocycles. The largest absolute Gasteiger partial charge is 0.497 e. The second kappa shape index (κ2) is 6.92. The van der Waals surface area contributed by atoms with E-state index in [1.54, 1.807) is 37.5 Å². The number of hydrogen-bond donors (Lipinski definition) is 0. The molecule has 1 aliphatic carbocycles. The fraction of sp³-hybridized carbons (Fsp3) is 0.0476. The third kappa shape index (κ3) is 3.41. The molecule has 0 aromatic heterocycles. The Bertz CT molecular complexity index is 854. The van der Waals surface area contributed by atoms with E-state index in [0.29, 0.717) is 22.5 Å². The lowest BCUT2D eigenvalue weighted by Crippen LogP contribution is -2.12. The summed E-state index contributed by atoms with van der Waals surface area (Å²) < 4.78 is 5.12.